The van der Waals surface area contributed by atoms with E-state index >= 15 is 0 Å². The summed E-state index contributed by atoms with van der Waals surface area (Å²) in [5.41, 5.74) is 3.32. The van der Waals surface area contributed by atoms with Gasteiger partial charge in [-0.3, -0.25) is 4.79 Å². The van der Waals surface area contributed by atoms with Gasteiger partial charge in [-0.15, -0.1) is 0 Å². The summed E-state index contributed by atoms with van der Waals surface area (Å²) in [6.07, 6.45) is 3.76. The van der Waals surface area contributed by atoms with Crippen molar-refractivity contribution in [3.8, 4) is 5.75 Å². The lowest BCUT2D eigenvalue weighted by molar-refractivity contribution is -0.135. The van der Waals surface area contributed by atoms with Crippen LogP contribution in [-0.2, 0) is 10.2 Å². The van der Waals surface area contributed by atoms with Crippen molar-refractivity contribution in [1.29, 1.82) is 0 Å². The van der Waals surface area contributed by atoms with E-state index in [1.54, 1.807) is 0 Å². The van der Waals surface area contributed by atoms with Gasteiger partial charge in [-0.05, 0) is 41.0 Å². The molecule has 1 N–H and O–H groups in total. The van der Waals surface area contributed by atoms with Gasteiger partial charge >= 0.3 is 5.97 Å². The summed E-state index contributed by atoms with van der Waals surface area (Å²) in [4.78, 5) is 10.9. The van der Waals surface area contributed by atoms with Gasteiger partial charge in [-0.1, -0.05) is 60.1 Å². The van der Waals surface area contributed by atoms with Crippen LogP contribution in [0.1, 0.15) is 71.9 Å². The van der Waals surface area contributed by atoms with E-state index in [0.29, 0.717) is 12.5 Å². The number of carbonyl (C=O) groups is 1. The fourth-order valence-electron chi connectivity index (χ4n) is 2.54. The second-order valence-corrected chi connectivity index (χ2v) is 7.74. The molecule has 134 valence electrons. The molecule has 0 amide bonds. The van der Waals surface area contributed by atoms with Crippen molar-refractivity contribution < 1.29 is 14.6 Å². The number of aliphatic carboxylic acids is 1. The summed E-state index contributed by atoms with van der Waals surface area (Å²) in [5, 5.41) is 8.96. The third kappa shape index (κ3) is 6.38. The molecule has 0 unspecified atom stereocenters. The Labute approximate surface area is 146 Å². The van der Waals surface area contributed by atoms with Gasteiger partial charge in [0.05, 0.1) is 13.0 Å². The molecule has 3 nitrogen and oxygen atoms in total. The molecule has 0 saturated carbocycles. The lowest BCUT2D eigenvalue weighted by atomic mass is 9.84. The van der Waals surface area contributed by atoms with E-state index in [2.05, 4.69) is 47.6 Å². The van der Waals surface area contributed by atoms with Gasteiger partial charge in [-0.25, -0.2) is 0 Å². The van der Waals surface area contributed by atoms with Crippen LogP contribution in [0.25, 0.3) is 5.57 Å². The largest absolute Gasteiger partial charge is 0.493 e. The monoisotopic (exact) mass is 332 g/mol. The molecule has 1 rings (SSSR count). The molecular formula is C21H32O3. The maximum atomic E-state index is 10.9. The topological polar surface area (TPSA) is 46.5 Å². The highest BCUT2D eigenvalue weighted by Gasteiger charge is 2.20. The third-order valence-electron chi connectivity index (χ3n) is 3.77. The molecular weight excluding hydrogens is 300 g/mol. The third-order valence-corrected chi connectivity index (χ3v) is 3.77. The van der Waals surface area contributed by atoms with Gasteiger partial charge in [0.25, 0.3) is 0 Å². The molecule has 0 radical (unpaired) electrons. The molecule has 0 fully saturated rings. The van der Waals surface area contributed by atoms with E-state index < -0.39 is 5.97 Å². The van der Waals surface area contributed by atoms with Crippen molar-refractivity contribution >= 4 is 11.5 Å². The van der Waals surface area contributed by atoms with E-state index in [0.717, 1.165) is 35.3 Å². The van der Waals surface area contributed by atoms with Crippen LogP contribution in [-0.4, -0.2) is 17.7 Å². The highest BCUT2D eigenvalue weighted by molar-refractivity contribution is 5.74. The quantitative estimate of drug-likeness (QED) is 0.666. The zero-order valence-electron chi connectivity index (χ0n) is 16.0. The summed E-state index contributed by atoms with van der Waals surface area (Å²) in [6.45, 7) is 13.6. The van der Waals surface area contributed by atoms with Gasteiger partial charge < -0.3 is 9.84 Å². The van der Waals surface area contributed by atoms with Crippen LogP contribution in [0.4, 0.5) is 0 Å². The van der Waals surface area contributed by atoms with E-state index in [-0.39, 0.29) is 11.8 Å². The van der Waals surface area contributed by atoms with Crippen LogP contribution in [0.5, 0.6) is 5.75 Å². The molecule has 0 atom stereocenters. The van der Waals surface area contributed by atoms with E-state index in [4.69, 9.17) is 9.84 Å². The minimum atomic E-state index is -0.795. The van der Waals surface area contributed by atoms with E-state index in [9.17, 15) is 4.79 Å². The summed E-state index contributed by atoms with van der Waals surface area (Å²) in [5.74, 6) is 0.606. The molecule has 0 heterocycles. The van der Waals surface area contributed by atoms with Crippen LogP contribution in [0.3, 0.4) is 0 Å². The number of rotatable bonds is 8. The molecule has 1 aromatic rings. The van der Waals surface area contributed by atoms with Crippen LogP contribution in [0.2, 0.25) is 0 Å². The van der Waals surface area contributed by atoms with Gasteiger partial charge in [0.2, 0.25) is 0 Å². The summed E-state index contributed by atoms with van der Waals surface area (Å²) >= 11 is 0. The van der Waals surface area contributed by atoms with Crippen LogP contribution >= 0.6 is 0 Å². The van der Waals surface area contributed by atoms with Gasteiger partial charge in [0.1, 0.15) is 5.75 Å². The Hall–Kier alpha value is -1.77. The Kier molecular flexibility index (Phi) is 7.53. The molecule has 0 saturated heterocycles. The Morgan fingerprint density at radius 3 is 2.46 bits per heavy atom. The van der Waals surface area contributed by atoms with Crippen molar-refractivity contribution in [2.24, 2.45) is 5.92 Å². The first-order valence-corrected chi connectivity index (χ1v) is 8.83. The maximum Gasteiger partial charge on any atom is 0.307 e. The minimum Gasteiger partial charge on any atom is -0.493 e. The Morgan fingerprint density at radius 2 is 1.96 bits per heavy atom. The van der Waals surface area contributed by atoms with E-state index in [1.165, 1.54) is 0 Å². The Balaban J connectivity index is 3.24. The SMILES string of the molecule is CCC/C(=C\CC(=O)O)c1ccc(OCC(C)C)c(C(C)(C)C)c1. The zero-order chi connectivity index (χ0) is 18.3. The molecule has 0 aliphatic heterocycles. The second kappa shape index (κ2) is 8.91. The number of ether oxygens (including phenoxy) is 1. The number of carboxylic acids is 1. The highest BCUT2D eigenvalue weighted by atomic mass is 16.5. The predicted molar refractivity (Wildman–Crippen MR) is 101 cm³/mol. The molecule has 24 heavy (non-hydrogen) atoms. The summed E-state index contributed by atoms with van der Waals surface area (Å²) in [7, 11) is 0. The lowest BCUT2D eigenvalue weighted by Crippen LogP contribution is -2.15. The zero-order valence-corrected chi connectivity index (χ0v) is 16.0. The lowest BCUT2D eigenvalue weighted by Gasteiger charge is -2.25. The van der Waals surface area contributed by atoms with Crippen LogP contribution in [0, 0.1) is 5.92 Å². The average molecular weight is 332 g/mol. The van der Waals surface area contributed by atoms with E-state index in [1.807, 2.05) is 18.2 Å². The Bertz CT molecular complexity index is 577. The molecule has 0 bridgehead atoms. The standard InChI is InChI=1S/C21H32O3/c1-7-8-16(10-12-20(22)23)17-9-11-19(24-14-15(2)3)18(13-17)21(4,5)6/h9-11,13,15H,7-8,12,14H2,1-6H3,(H,22,23)/b16-10+. The van der Waals surface area contributed by atoms with Crippen molar-refractivity contribution in [2.75, 3.05) is 6.61 Å². The molecule has 1 aromatic carbocycles. The minimum absolute atomic E-state index is 0.0353. The van der Waals surface area contributed by atoms with Crippen molar-refractivity contribution in [1.82, 2.24) is 0 Å². The highest BCUT2D eigenvalue weighted by Crippen LogP contribution is 2.35. The normalized spacial score (nSPS) is 12.5. The first-order chi connectivity index (χ1) is 11.1. The van der Waals surface area contributed by atoms with Gasteiger partial charge in [0, 0.05) is 5.56 Å². The van der Waals surface area contributed by atoms with Crippen molar-refractivity contribution in [3.05, 3.63) is 35.4 Å². The van der Waals surface area contributed by atoms with Gasteiger partial charge in [-0.2, -0.15) is 0 Å². The number of carboxylic acid groups (broad SMARTS) is 1. The first kappa shape index (κ1) is 20.3. The molecule has 0 aliphatic carbocycles. The average Bonchev–Trinajstić information content (AvgIpc) is 2.48. The smallest absolute Gasteiger partial charge is 0.307 e. The molecule has 0 aliphatic rings. The number of benzene rings is 1. The number of allylic oxidation sites excluding steroid dienone is 1. The van der Waals surface area contributed by atoms with Crippen LogP contribution in [0.15, 0.2) is 24.3 Å². The fourth-order valence-corrected chi connectivity index (χ4v) is 2.54. The molecule has 3 heteroatoms. The number of hydrogen-bond acceptors (Lipinski definition) is 2. The second-order valence-electron chi connectivity index (χ2n) is 7.74. The van der Waals surface area contributed by atoms with Crippen molar-refractivity contribution in [2.45, 2.75) is 66.2 Å². The first-order valence-electron chi connectivity index (χ1n) is 8.83. The molecule has 0 aromatic heterocycles. The van der Waals surface area contributed by atoms with Gasteiger partial charge in [0.15, 0.2) is 0 Å². The fraction of sp³-hybridized carbons (Fsp3) is 0.571. The number of hydrogen-bond donors (Lipinski definition) is 1. The maximum absolute atomic E-state index is 10.9. The van der Waals surface area contributed by atoms with Crippen molar-refractivity contribution in [3.63, 3.8) is 0 Å². The predicted octanol–water partition coefficient (Wildman–Crippen LogP) is 5.68. The molecule has 0 spiro atoms. The summed E-state index contributed by atoms with van der Waals surface area (Å²) in [6, 6.07) is 6.25. The Morgan fingerprint density at radius 1 is 1.29 bits per heavy atom. The van der Waals surface area contributed by atoms with Crippen LogP contribution < -0.4 is 4.74 Å². The summed E-state index contributed by atoms with van der Waals surface area (Å²) < 4.78 is 6.00.